The van der Waals surface area contributed by atoms with E-state index in [4.69, 9.17) is 0 Å². The predicted octanol–water partition coefficient (Wildman–Crippen LogP) is 1.20. The Morgan fingerprint density at radius 2 is 1.88 bits per heavy atom. The molecule has 0 bridgehead atoms. The Balaban J connectivity index is 1.88. The summed E-state index contributed by atoms with van der Waals surface area (Å²) in [4.78, 5) is 11.2. The van der Waals surface area contributed by atoms with Gasteiger partial charge in [-0.2, -0.15) is 4.68 Å². The molecule has 0 aliphatic carbocycles. The Morgan fingerprint density at radius 3 is 2.46 bits per heavy atom. The van der Waals surface area contributed by atoms with Crippen molar-refractivity contribution >= 4 is 15.7 Å². The van der Waals surface area contributed by atoms with Gasteiger partial charge in [0.1, 0.15) is 5.82 Å². The number of halogens is 1. The van der Waals surface area contributed by atoms with Crippen molar-refractivity contribution in [2.24, 2.45) is 0 Å². The number of hydrogen-bond donors (Lipinski definition) is 2. The molecule has 8 nitrogen and oxygen atoms in total. The molecule has 124 valence electrons. The average molecular weight is 349 g/mol. The van der Waals surface area contributed by atoms with E-state index in [2.05, 4.69) is 20.2 Å². The van der Waals surface area contributed by atoms with Gasteiger partial charge in [-0.3, -0.25) is 4.72 Å². The molecular weight excluding hydrogens is 337 g/mol. The highest BCUT2D eigenvalue weighted by Crippen LogP contribution is 2.19. The number of aromatic amines is 1. The molecule has 0 aliphatic heterocycles. The smallest absolute Gasteiger partial charge is 0.280 e. The van der Waals surface area contributed by atoms with Gasteiger partial charge in [-0.1, -0.05) is 0 Å². The molecular formula is C14H12FN5O3S. The first-order valence-electron chi connectivity index (χ1n) is 6.76. The van der Waals surface area contributed by atoms with E-state index in [1.807, 2.05) is 0 Å². The summed E-state index contributed by atoms with van der Waals surface area (Å²) in [5.41, 5.74) is 0.658. The van der Waals surface area contributed by atoms with Gasteiger partial charge in [0.25, 0.3) is 10.0 Å². The number of rotatable bonds is 4. The first-order valence-corrected chi connectivity index (χ1v) is 8.24. The molecule has 0 spiro atoms. The normalized spacial score (nSPS) is 11.4. The molecule has 0 aliphatic rings. The molecule has 3 aromatic rings. The lowest BCUT2D eigenvalue weighted by Crippen LogP contribution is -2.16. The van der Waals surface area contributed by atoms with Crippen LogP contribution in [0.1, 0.15) is 5.56 Å². The van der Waals surface area contributed by atoms with Gasteiger partial charge in [0, 0.05) is 5.69 Å². The van der Waals surface area contributed by atoms with Crippen LogP contribution in [0.2, 0.25) is 0 Å². The van der Waals surface area contributed by atoms with E-state index in [0.29, 0.717) is 11.3 Å². The SMILES string of the molecule is Cc1cc(F)cc(S(=O)(=O)Nc2ccc(-n3nn[nH]c3=O)cc2)c1. The number of anilines is 1. The number of nitrogens with one attached hydrogen (secondary N) is 2. The highest BCUT2D eigenvalue weighted by molar-refractivity contribution is 7.92. The Hall–Kier alpha value is -3.01. The Morgan fingerprint density at radius 1 is 1.17 bits per heavy atom. The van der Waals surface area contributed by atoms with Gasteiger partial charge in [-0.05, 0) is 65.4 Å². The van der Waals surface area contributed by atoms with Crippen LogP contribution in [0.25, 0.3) is 5.69 Å². The predicted molar refractivity (Wildman–Crippen MR) is 83.9 cm³/mol. The topological polar surface area (TPSA) is 110 Å². The van der Waals surface area contributed by atoms with Crippen LogP contribution < -0.4 is 10.4 Å². The number of nitrogens with zero attached hydrogens (tertiary/aromatic N) is 3. The number of sulfonamides is 1. The van der Waals surface area contributed by atoms with Crippen molar-refractivity contribution in [3.8, 4) is 5.69 Å². The molecule has 10 heteroatoms. The zero-order chi connectivity index (χ0) is 17.3. The minimum Gasteiger partial charge on any atom is -0.280 e. The fourth-order valence-electron chi connectivity index (χ4n) is 2.11. The molecule has 0 saturated heterocycles. The molecule has 1 heterocycles. The highest BCUT2D eigenvalue weighted by Gasteiger charge is 2.16. The van der Waals surface area contributed by atoms with E-state index in [0.717, 1.165) is 10.7 Å². The molecule has 0 fully saturated rings. The summed E-state index contributed by atoms with van der Waals surface area (Å²) < 4.78 is 41.4. The number of aromatic nitrogens is 4. The number of hydrogen-bond acceptors (Lipinski definition) is 5. The van der Waals surface area contributed by atoms with Crippen molar-refractivity contribution in [1.29, 1.82) is 0 Å². The minimum atomic E-state index is -3.93. The Labute approximate surface area is 136 Å². The quantitative estimate of drug-likeness (QED) is 0.735. The average Bonchev–Trinajstić information content (AvgIpc) is 2.93. The second kappa shape index (κ2) is 5.89. The monoisotopic (exact) mass is 349 g/mol. The fourth-order valence-corrected chi connectivity index (χ4v) is 3.28. The van der Waals surface area contributed by atoms with Gasteiger partial charge in [-0.25, -0.2) is 22.7 Å². The second-order valence-corrected chi connectivity index (χ2v) is 6.72. The fraction of sp³-hybridized carbons (Fsp3) is 0.0714. The second-order valence-electron chi connectivity index (χ2n) is 5.03. The van der Waals surface area contributed by atoms with Crippen molar-refractivity contribution in [3.05, 3.63) is 64.3 Å². The van der Waals surface area contributed by atoms with Crippen LogP contribution in [0.5, 0.6) is 0 Å². The molecule has 2 aromatic carbocycles. The van der Waals surface area contributed by atoms with E-state index in [1.165, 1.54) is 36.4 Å². The zero-order valence-electron chi connectivity index (χ0n) is 12.4. The van der Waals surface area contributed by atoms with Crippen LogP contribution in [0.4, 0.5) is 10.1 Å². The summed E-state index contributed by atoms with van der Waals surface area (Å²) in [6, 6.07) is 9.47. The lowest BCUT2D eigenvalue weighted by Gasteiger charge is -2.09. The summed E-state index contributed by atoms with van der Waals surface area (Å²) in [5.74, 6) is -0.629. The van der Waals surface area contributed by atoms with Crippen LogP contribution in [-0.2, 0) is 10.0 Å². The third-order valence-electron chi connectivity index (χ3n) is 3.16. The van der Waals surface area contributed by atoms with Crippen molar-refractivity contribution in [3.63, 3.8) is 0 Å². The molecule has 3 rings (SSSR count). The van der Waals surface area contributed by atoms with Crippen molar-refractivity contribution in [2.45, 2.75) is 11.8 Å². The van der Waals surface area contributed by atoms with E-state index in [1.54, 1.807) is 6.92 Å². The summed E-state index contributed by atoms with van der Waals surface area (Å²) in [6.07, 6.45) is 0. The lowest BCUT2D eigenvalue weighted by molar-refractivity contribution is 0.595. The maximum Gasteiger partial charge on any atom is 0.365 e. The van der Waals surface area contributed by atoms with Crippen LogP contribution in [-0.4, -0.2) is 28.6 Å². The van der Waals surface area contributed by atoms with Crippen molar-refractivity contribution in [2.75, 3.05) is 4.72 Å². The number of H-pyrrole nitrogens is 1. The molecule has 0 atom stereocenters. The molecule has 2 N–H and O–H groups in total. The molecule has 24 heavy (non-hydrogen) atoms. The van der Waals surface area contributed by atoms with E-state index in [-0.39, 0.29) is 10.6 Å². The Bertz CT molecular complexity index is 1020. The maximum absolute atomic E-state index is 13.4. The summed E-state index contributed by atoms with van der Waals surface area (Å²) in [7, 11) is -3.93. The highest BCUT2D eigenvalue weighted by atomic mass is 32.2. The molecule has 0 saturated carbocycles. The summed E-state index contributed by atoms with van der Waals surface area (Å²) in [5, 5.41) is 9.09. The van der Waals surface area contributed by atoms with Crippen molar-refractivity contribution < 1.29 is 12.8 Å². The van der Waals surface area contributed by atoms with Gasteiger partial charge >= 0.3 is 5.69 Å². The molecule has 0 amide bonds. The molecule has 1 aromatic heterocycles. The minimum absolute atomic E-state index is 0.170. The third kappa shape index (κ3) is 3.18. The van der Waals surface area contributed by atoms with Gasteiger partial charge < -0.3 is 0 Å². The van der Waals surface area contributed by atoms with E-state index >= 15 is 0 Å². The van der Waals surface area contributed by atoms with Crippen LogP contribution in [0.15, 0.2) is 52.2 Å². The molecule has 0 unspecified atom stereocenters. The number of benzene rings is 2. The van der Waals surface area contributed by atoms with Crippen LogP contribution >= 0.6 is 0 Å². The van der Waals surface area contributed by atoms with E-state index in [9.17, 15) is 17.6 Å². The van der Waals surface area contributed by atoms with Crippen LogP contribution in [0, 0.1) is 12.7 Å². The van der Waals surface area contributed by atoms with Gasteiger partial charge in [0.2, 0.25) is 0 Å². The summed E-state index contributed by atoms with van der Waals surface area (Å²) >= 11 is 0. The first-order chi connectivity index (χ1) is 11.3. The summed E-state index contributed by atoms with van der Waals surface area (Å²) in [6.45, 7) is 1.60. The standard InChI is InChI=1S/C14H12FN5O3S/c1-9-6-10(15)8-13(7-9)24(22,23)17-11-2-4-12(5-3-11)20-14(21)16-18-19-20/h2-8,17H,1H3,(H,16,19,21). The van der Waals surface area contributed by atoms with E-state index < -0.39 is 21.5 Å². The van der Waals surface area contributed by atoms with Gasteiger partial charge in [-0.15, -0.1) is 0 Å². The van der Waals surface area contributed by atoms with Crippen LogP contribution in [0.3, 0.4) is 0 Å². The van der Waals surface area contributed by atoms with Gasteiger partial charge in [0.15, 0.2) is 0 Å². The maximum atomic E-state index is 13.4. The zero-order valence-corrected chi connectivity index (χ0v) is 13.2. The number of aryl methyl sites for hydroxylation is 1. The lowest BCUT2D eigenvalue weighted by atomic mass is 10.2. The van der Waals surface area contributed by atoms with Gasteiger partial charge in [0.05, 0.1) is 10.6 Å². The largest absolute Gasteiger partial charge is 0.365 e. The Kier molecular flexibility index (Phi) is 3.89. The number of tetrazole rings is 1. The first kappa shape index (κ1) is 15.9. The van der Waals surface area contributed by atoms with Crippen molar-refractivity contribution in [1.82, 2.24) is 20.2 Å². The third-order valence-corrected chi connectivity index (χ3v) is 4.52. The molecule has 0 radical (unpaired) electrons.